The van der Waals surface area contributed by atoms with Gasteiger partial charge in [0, 0.05) is 35.8 Å². The molecule has 0 aliphatic carbocycles. The maximum atomic E-state index is 12.9. The standard InChI is InChI=1S/C20H20ClN3OS/c1-24-11-10-22-19(24)18(15-6-8-17(21)9-7-15)23-20(25)16-5-3-4-14(12-16)13-26-2/h3-12,18H,13H2,1-2H3,(H,23,25)/t18-/m0/s1. The number of carbonyl (C=O) groups is 1. The topological polar surface area (TPSA) is 46.9 Å². The summed E-state index contributed by atoms with van der Waals surface area (Å²) in [5.74, 6) is 1.51. The number of rotatable bonds is 6. The first-order valence-electron chi connectivity index (χ1n) is 8.20. The number of imidazole rings is 1. The Balaban J connectivity index is 1.90. The van der Waals surface area contributed by atoms with Crippen LogP contribution in [-0.2, 0) is 12.8 Å². The lowest BCUT2D eigenvalue weighted by Gasteiger charge is -2.19. The molecule has 0 saturated carbocycles. The van der Waals surface area contributed by atoms with Gasteiger partial charge < -0.3 is 9.88 Å². The Morgan fingerprint density at radius 1 is 1.27 bits per heavy atom. The highest BCUT2D eigenvalue weighted by molar-refractivity contribution is 7.97. The van der Waals surface area contributed by atoms with Crippen LogP contribution in [0.5, 0.6) is 0 Å². The van der Waals surface area contributed by atoms with Crippen LogP contribution < -0.4 is 5.32 Å². The van der Waals surface area contributed by atoms with Crippen LogP contribution in [0.2, 0.25) is 5.02 Å². The molecule has 0 unspecified atom stereocenters. The summed E-state index contributed by atoms with van der Waals surface area (Å²) in [6.45, 7) is 0. The fraction of sp³-hybridized carbons (Fsp3) is 0.200. The molecule has 2 aromatic carbocycles. The third-order valence-corrected chi connectivity index (χ3v) is 4.97. The van der Waals surface area contributed by atoms with E-state index in [1.54, 1.807) is 18.0 Å². The minimum absolute atomic E-state index is 0.129. The fourth-order valence-electron chi connectivity index (χ4n) is 2.79. The molecular formula is C20H20ClN3OS. The third kappa shape index (κ3) is 4.29. The average molecular weight is 386 g/mol. The Morgan fingerprint density at radius 2 is 2.04 bits per heavy atom. The van der Waals surface area contributed by atoms with Gasteiger partial charge in [-0.3, -0.25) is 4.79 Å². The Hall–Kier alpha value is -2.24. The van der Waals surface area contributed by atoms with Crippen LogP contribution in [0.25, 0.3) is 0 Å². The number of aromatic nitrogens is 2. The number of nitrogens with one attached hydrogen (secondary N) is 1. The molecule has 1 heterocycles. The van der Waals surface area contributed by atoms with Crippen molar-refractivity contribution in [3.63, 3.8) is 0 Å². The molecule has 134 valence electrons. The molecule has 26 heavy (non-hydrogen) atoms. The van der Waals surface area contributed by atoms with Crippen molar-refractivity contribution in [2.75, 3.05) is 6.26 Å². The molecular weight excluding hydrogens is 366 g/mol. The lowest BCUT2D eigenvalue weighted by Crippen LogP contribution is -2.31. The second-order valence-electron chi connectivity index (χ2n) is 5.99. The van der Waals surface area contributed by atoms with Crippen LogP contribution >= 0.6 is 23.4 Å². The van der Waals surface area contributed by atoms with Crippen molar-refractivity contribution < 1.29 is 4.79 Å². The highest BCUT2D eigenvalue weighted by Gasteiger charge is 2.21. The van der Waals surface area contributed by atoms with E-state index in [2.05, 4.69) is 10.3 Å². The number of benzene rings is 2. The van der Waals surface area contributed by atoms with Crippen molar-refractivity contribution in [3.8, 4) is 0 Å². The predicted octanol–water partition coefficient (Wildman–Crippen LogP) is 4.46. The van der Waals surface area contributed by atoms with Gasteiger partial charge in [0.15, 0.2) is 0 Å². The van der Waals surface area contributed by atoms with Crippen LogP contribution in [0.15, 0.2) is 60.9 Å². The zero-order valence-corrected chi connectivity index (χ0v) is 16.2. The van der Waals surface area contributed by atoms with E-state index in [1.165, 1.54) is 0 Å². The van der Waals surface area contributed by atoms with Gasteiger partial charge in [-0.15, -0.1) is 0 Å². The first-order valence-corrected chi connectivity index (χ1v) is 9.97. The van der Waals surface area contributed by atoms with Gasteiger partial charge in [-0.25, -0.2) is 4.98 Å². The molecule has 0 aliphatic rings. The molecule has 3 rings (SSSR count). The van der Waals surface area contributed by atoms with Crippen LogP contribution in [0.3, 0.4) is 0 Å². The van der Waals surface area contributed by atoms with Crippen LogP contribution in [-0.4, -0.2) is 21.7 Å². The number of hydrogen-bond donors (Lipinski definition) is 1. The van der Waals surface area contributed by atoms with E-state index < -0.39 is 0 Å². The Morgan fingerprint density at radius 3 is 2.69 bits per heavy atom. The van der Waals surface area contributed by atoms with Crippen molar-refractivity contribution in [2.45, 2.75) is 11.8 Å². The van der Waals surface area contributed by atoms with E-state index in [0.29, 0.717) is 10.6 Å². The van der Waals surface area contributed by atoms with Gasteiger partial charge in [0.2, 0.25) is 0 Å². The Bertz CT molecular complexity index is 892. The molecule has 3 aromatic rings. The maximum absolute atomic E-state index is 12.9. The van der Waals surface area contributed by atoms with Crippen molar-refractivity contribution in [1.29, 1.82) is 0 Å². The third-order valence-electron chi connectivity index (χ3n) is 4.10. The summed E-state index contributed by atoms with van der Waals surface area (Å²) in [5, 5.41) is 3.77. The van der Waals surface area contributed by atoms with Gasteiger partial charge in [-0.1, -0.05) is 35.9 Å². The molecule has 0 fully saturated rings. The number of hydrogen-bond acceptors (Lipinski definition) is 3. The molecule has 1 aromatic heterocycles. The molecule has 4 nitrogen and oxygen atoms in total. The monoisotopic (exact) mass is 385 g/mol. The first-order chi connectivity index (χ1) is 12.6. The lowest BCUT2D eigenvalue weighted by molar-refractivity contribution is 0.0941. The summed E-state index contributed by atoms with van der Waals surface area (Å²) in [6.07, 6.45) is 5.64. The molecule has 0 saturated heterocycles. The Labute approximate surface area is 162 Å². The number of carbonyl (C=O) groups excluding carboxylic acids is 1. The van der Waals surface area contributed by atoms with E-state index in [1.807, 2.05) is 72.6 Å². The highest BCUT2D eigenvalue weighted by Crippen LogP contribution is 2.23. The normalized spacial score (nSPS) is 12.0. The highest BCUT2D eigenvalue weighted by atomic mass is 35.5. The lowest BCUT2D eigenvalue weighted by atomic mass is 10.0. The SMILES string of the molecule is CSCc1cccc(C(=O)N[C@@H](c2ccc(Cl)cc2)c2nccn2C)c1. The molecule has 0 bridgehead atoms. The molecule has 1 atom stereocenters. The van der Waals surface area contributed by atoms with Gasteiger partial charge in [0.1, 0.15) is 11.9 Å². The maximum Gasteiger partial charge on any atom is 0.252 e. The number of halogens is 1. The van der Waals surface area contributed by atoms with Gasteiger partial charge in [0.25, 0.3) is 5.91 Å². The van der Waals surface area contributed by atoms with E-state index in [9.17, 15) is 4.79 Å². The fourth-order valence-corrected chi connectivity index (χ4v) is 3.43. The van der Waals surface area contributed by atoms with E-state index in [4.69, 9.17) is 11.6 Å². The Kier molecular flexibility index (Phi) is 6.01. The first kappa shape index (κ1) is 18.5. The average Bonchev–Trinajstić information content (AvgIpc) is 3.07. The van der Waals surface area contributed by atoms with Crippen LogP contribution in [0, 0.1) is 0 Å². The molecule has 6 heteroatoms. The van der Waals surface area contributed by atoms with Crippen LogP contribution in [0.1, 0.15) is 33.4 Å². The van der Waals surface area contributed by atoms with E-state index in [-0.39, 0.29) is 11.9 Å². The second kappa shape index (κ2) is 8.43. The summed E-state index contributed by atoms with van der Waals surface area (Å²) in [5.41, 5.74) is 2.70. The number of amides is 1. The predicted molar refractivity (Wildman–Crippen MR) is 108 cm³/mol. The molecule has 0 radical (unpaired) electrons. The minimum atomic E-state index is -0.357. The van der Waals surface area contributed by atoms with E-state index >= 15 is 0 Å². The quantitative estimate of drug-likeness (QED) is 0.681. The van der Waals surface area contributed by atoms with Crippen molar-refractivity contribution in [1.82, 2.24) is 14.9 Å². The van der Waals surface area contributed by atoms with Gasteiger partial charge in [-0.05, 0) is 41.6 Å². The minimum Gasteiger partial charge on any atom is -0.338 e. The van der Waals surface area contributed by atoms with Crippen LogP contribution in [0.4, 0.5) is 0 Å². The summed E-state index contributed by atoms with van der Waals surface area (Å²) >= 11 is 7.74. The number of thioether (sulfide) groups is 1. The zero-order chi connectivity index (χ0) is 18.5. The van der Waals surface area contributed by atoms with Crippen molar-refractivity contribution in [3.05, 3.63) is 88.5 Å². The molecule has 1 N–H and O–H groups in total. The number of aryl methyl sites for hydroxylation is 1. The van der Waals surface area contributed by atoms with Crippen molar-refractivity contribution in [2.24, 2.45) is 7.05 Å². The molecule has 0 spiro atoms. The van der Waals surface area contributed by atoms with E-state index in [0.717, 1.165) is 22.7 Å². The van der Waals surface area contributed by atoms with Crippen molar-refractivity contribution >= 4 is 29.3 Å². The van der Waals surface area contributed by atoms with Gasteiger partial charge in [0.05, 0.1) is 0 Å². The molecule has 0 aliphatic heterocycles. The largest absolute Gasteiger partial charge is 0.338 e. The summed E-state index contributed by atoms with van der Waals surface area (Å²) < 4.78 is 1.91. The number of nitrogens with zero attached hydrogens (tertiary/aromatic N) is 2. The molecule has 1 amide bonds. The summed E-state index contributed by atoms with van der Waals surface area (Å²) in [6, 6.07) is 14.8. The van der Waals surface area contributed by atoms with Gasteiger partial charge in [-0.2, -0.15) is 11.8 Å². The zero-order valence-electron chi connectivity index (χ0n) is 14.6. The summed E-state index contributed by atoms with van der Waals surface area (Å²) in [4.78, 5) is 17.3. The smallest absolute Gasteiger partial charge is 0.252 e. The van der Waals surface area contributed by atoms with Gasteiger partial charge >= 0.3 is 0 Å². The second-order valence-corrected chi connectivity index (χ2v) is 7.29. The summed E-state index contributed by atoms with van der Waals surface area (Å²) in [7, 11) is 1.91.